The molecule has 1 atom stereocenters. The number of benzene rings is 1. The lowest BCUT2D eigenvalue weighted by molar-refractivity contribution is -0.134. The van der Waals surface area contributed by atoms with Crippen molar-refractivity contribution < 1.29 is 14.7 Å². The Hall–Kier alpha value is -1.88. The van der Waals surface area contributed by atoms with E-state index in [1.165, 1.54) is 0 Å². The SMILES string of the molecule is CC(=O)N1CCCC(C(=O)NCc2cccc(CO)c2)C1. The Morgan fingerprint density at radius 1 is 1.38 bits per heavy atom. The minimum atomic E-state index is -0.122. The largest absolute Gasteiger partial charge is 0.392 e. The van der Waals surface area contributed by atoms with Gasteiger partial charge in [-0.15, -0.1) is 0 Å². The van der Waals surface area contributed by atoms with Crippen molar-refractivity contribution in [1.29, 1.82) is 0 Å². The van der Waals surface area contributed by atoms with Crippen molar-refractivity contribution in [1.82, 2.24) is 10.2 Å². The minimum Gasteiger partial charge on any atom is -0.392 e. The number of likely N-dealkylation sites (tertiary alicyclic amines) is 1. The van der Waals surface area contributed by atoms with Crippen molar-refractivity contribution in [2.75, 3.05) is 13.1 Å². The molecular weight excluding hydrogens is 268 g/mol. The van der Waals surface area contributed by atoms with Crippen LogP contribution in [0.4, 0.5) is 0 Å². The first kappa shape index (κ1) is 15.5. The second-order valence-electron chi connectivity index (χ2n) is 5.50. The fraction of sp³-hybridized carbons (Fsp3) is 0.500. The molecule has 0 aliphatic carbocycles. The normalized spacial score (nSPS) is 18.4. The third-order valence-electron chi connectivity index (χ3n) is 3.88. The van der Waals surface area contributed by atoms with Crippen LogP contribution in [-0.4, -0.2) is 34.9 Å². The Labute approximate surface area is 125 Å². The maximum absolute atomic E-state index is 12.2. The molecule has 0 aromatic heterocycles. The van der Waals surface area contributed by atoms with E-state index < -0.39 is 0 Å². The fourth-order valence-corrected chi connectivity index (χ4v) is 2.65. The summed E-state index contributed by atoms with van der Waals surface area (Å²) in [5.41, 5.74) is 1.80. The highest BCUT2D eigenvalue weighted by Gasteiger charge is 2.26. The smallest absolute Gasteiger partial charge is 0.225 e. The maximum atomic E-state index is 12.2. The molecule has 1 saturated heterocycles. The van der Waals surface area contributed by atoms with Crippen LogP contribution in [-0.2, 0) is 22.7 Å². The summed E-state index contributed by atoms with van der Waals surface area (Å²) in [6.07, 6.45) is 1.70. The Bertz CT molecular complexity index is 516. The van der Waals surface area contributed by atoms with E-state index in [2.05, 4.69) is 5.32 Å². The van der Waals surface area contributed by atoms with E-state index in [0.717, 1.165) is 30.5 Å². The Morgan fingerprint density at radius 2 is 2.14 bits per heavy atom. The van der Waals surface area contributed by atoms with Crippen LogP contribution < -0.4 is 5.32 Å². The highest BCUT2D eigenvalue weighted by Crippen LogP contribution is 2.17. The van der Waals surface area contributed by atoms with E-state index >= 15 is 0 Å². The number of aliphatic hydroxyl groups is 1. The van der Waals surface area contributed by atoms with Gasteiger partial charge in [0, 0.05) is 26.6 Å². The van der Waals surface area contributed by atoms with E-state index in [9.17, 15) is 9.59 Å². The number of rotatable bonds is 4. The zero-order valence-corrected chi connectivity index (χ0v) is 12.3. The van der Waals surface area contributed by atoms with Crippen molar-refractivity contribution in [3.05, 3.63) is 35.4 Å². The zero-order chi connectivity index (χ0) is 15.2. The van der Waals surface area contributed by atoms with Crippen LogP contribution in [0.1, 0.15) is 30.9 Å². The average Bonchev–Trinajstić information content (AvgIpc) is 2.53. The molecule has 5 heteroatoms. The van der Waals surface area contributed by atoms with Gasteiger partial charge in [-0.2, -0.15) is 0 Å². The van der Waals surface area contributed by atoms with Crippen molar-refractivity contribution in [3.8, 4) is 0 Å². The van der Waals surface area contributed by atoms with Crippen LogP contribution in [0, 0.1) is 5.92 Å². The first-order valence-corrected chi connectivity index (χ1v) is 7.32. The van der Waals surface area contributed by atoms with Gasteiger partial charge >= 0.3 is 0 Å². The van der Waals surface area contributed by atoms with Gasteiger partial charge in [0.25, 0.3) is 0 Å². The number of nitrogens with one attached hydrogen (secondary N) is 1. The molecule has 2 N–H and O–H groups in total. The lowest BCUT2D eigenvalue weighted by Gasteiger charge is -2.31. The molecule has 0 saturated carbocycles. The molecule has 21 heavy (non-hydrogen) atoms. The van der Waals surface area contributed by atoms with Gasteiger partial charge in [0.15, 0.2) is 0 Å². The summed E-state index contributed by atoms with van der Waals surface area (Å²) in [5.74, 6) is -0.0952. The second-order valence-corrected chi connectivity index (χ2v) is 5.50. The van der Waals surface area contributed by atoms with E-state index in [0.29, 0.717) is 13.1 Å². The van der Waals surface area contributed by atoms with Crippen molar-refractivity contribution in [2.45, 2.75) is 32.9 Å². The van der Waals surface area contributed by atoms with Crippen LogP contribution in [0.25, 0.3) is 0 Å². The number of amides is 2. The van der Waals surface area contributed by atoms with Crippen LogP contribution in [0.5, 0.6) is 0 Å². The quantitative estimate of drug-likeness (QED) is 0.871. The number of piperidine rings is 1. The molecule has 1 heterocycles. The zero-order valence-electron chi connectivity index (χ0n) is 12.3. The number of carbonyl (C=O) groups is 2. The summed E-state index contributed by atoms with van der Waals surface area (Å²) < 4.78 is 0. The third-order valence-corrected chi connectivity index (χ3v) is 3.88. The van der Waals surface area contributed by atoms with Gasteiger partial charge in [0.05, 0.1) is 12.5 Å². The van der Waals surface area contributed by atoms with Gasteiger partial charge < -0.3 is 15.3 Å². The van der Waals surface area contributed by atoms with Crippen molar-refractivity contribution in [2.24, 2.45) is 5.92 Å². The second kappa shape index (κ2) is 7.22. The van der Waals surface area contributed by atoms with Crippen LogP contribution in [0.15, 0.2) is 24.3 Å². The molecule has 1 aliphatic rings. The maximum Gasteiger partial charge on any atom is 0.225 e. The number of carbonyl (C=O) groups excluding carboxylic acids is 2. The number of hydrogen-bond donors (Lipinski definition) is 2. The standard InChI is InChI=1S/C16H22N2O3/c1-12(20)18-7-3-6-15(10-18)16(21)17-9-13-4-2-5-14(8-13)11-19/h2,4-5,8,15,19H,3,6-7,9-11H2,1H3,(H,17,21). The molecule has 0 spiro atoms. The summed E-state index contributed by atoms with van der Waals surface area (Å²) >= 11 is 0. The lowest BCUT2D eigenvalue weighted by atomic mass is 9.97. The third kappa shape index (κ3) is 4.29. The summed E-state index contributed by atoms with van der Waals surface area (Å²) in [6.45, 7) is 3.25. The van der Waals surface area contributed by atoms with Gasteiger partial charge in [0.1, 0.15) is 0 Å². The van der Waals surface area contributed by atoms with Gasteiger partial charge in [-0.05, 0) is 24.0 Å². The Kier molecular flexibility index (Phi) is 5.33. The Balaban J connectivity index is 1.87. The highest BCUT2D eigenvalue weighted by molar-refractivity contribution is 5.80. The summed E-state index contributed by atoms with van der Waals surface area (Å²) in [7, 11) is 0. The molecule has 1 unspecified atom stereocenters. The van der Waals surface area contributed by atoms with E-state index in [1.54, 1.807) is 11.8 Å². The molecule has 5 nitrogen and oxygen atoms in total. The molecule has 1 aromatic rings. The monoisotopic (exact) mass is 290 g/mol. The summed E-state index contributed by atoms with van der Waals surface area (Å²) in [6, 6.07) is 7.51. The summed E-state index contributed by atoms with van der Waals surface area (Å²) in [5, 5.41) is 12.0. The van der Waals surface area contributed by atoms with Crippen molar-refractivity contribution in [3.63, 3.8) is 0 Å². The van der Waals surface area contributed by atoms with Gasteiger partial charge in [0.2, 0.25) is 11.8 Å². The van der Waals surface area contributed by atoms with E-state index in [4.69, 9.17) is 5.11 Å². The molecular formula is C16H22N2O3. The van der Waals surface area contributed by atoms with Crippen LogP contribution in [0.3, 0.4) is 0 Å². The number of aliphatic hydroxyl groups excluding tert-OH is 1. The number of nitrogens with zero attached hydrogens (tertiary/aromatic N) is 1. The molecule has 0 bridgehead atoms. The van der Waals surface area contributed by atoms with Gasteiger partial charge in [-0.25, -0.2) is 0 Å². The molecule has 0 radical (unpaired) electrons. The minimum absolute atomic E-state index is 0.00200. The van der Waals surface area contributed by atoms with Crippen LogP contribution >= 0.6 is 0 Å². The predicted molar refractivity (Wildman–Crippen MR) is 79.2 cm³/mol. The fourth-order valence-electron chi connectivity index (χ4n) is 2.65. The molecule has 1 fully saturated rings. The first-order chi connectivity index (χ1) is 10.1. The first-order valence-electron chi connectivity index (χ1n) is 7.32. The van der Waals surface area contributed by atoms with Gasteiger partial charge in [-0.1, -0.05) is 24.3 Å². The summed E-state index contributed by atoms with van der Waals surface area (Å²) in [4.78, 5) is 25.3. The molecule has 114 valence electrons. The topological polar surface area (TPSA) is 69.6 Å². The van der Waals surface area contributed by atoms with Gasteiger partial charge in [-0.3, -0.25) is 9.59 Å². The molecule has 2 rings (SSSR count). The molecule has 1 aliphatic heterocycles. The predicted octanol–water partition coefficient (Wildman–Crippen LogP) is 1.05. The van der Waals surface area contributed by atoms with Crippen LogP contribution in [0.2, 0.25) is 0 Å². The molecule has 2 amide bonds. The average molecular weight is 290 g/mol. The lowest BCUT2D eigenvalue weighted by Crippen LogP contribution is -2.44. The van der Waals surface area contributed by atoms with E-state index in [-0.39, 0.29) is 24.3 Å². The number of hydrogen-bond acceptors (Lipinski definition) is 3. The highest BCUT2D eigenvalue weighted by atomic mass is 16.3. The van der Waals surface area contributed by atoms with E-state index in [1.807, 2.05) is 24.3 Å². The van der Waals surface area contributed by atoms with Crippen molar-refractivity contribution >= 4 is 11.8 Å². The Morgan fingerprint density at radius 3 is 2.86 bits per heavy atom. The molecule has 1 aromatic carbocycles.